The maximum Gasteiger partial charge on any atom is 0.337 e. The molecule has 1 saturated heterocycles. The standard InChI is InChI=1S/C17H21N5O2/c1-24-16(23)13-7-6-8-14(11-13)19-15-12-18-21-17(20-15)22-9-4-2-3-5-10-22/h6-8,11-12H,2-5,9-10H2,1H3,(H,19,20,21). The second kappa shape index (κ2) is 7.72. The third kappa shape index (κ3) is 3.98. The SMILES string of the molecule is COC(=O)c1cccc(Nc2cnnc(N3CCCCCC3)n2)c1. The first-order valence-corrected chi connectivity index (χ1v) is 8.16. The highest BCUT2D eigenvalue weighted by atomic mass is 16.5. The van der Waals surface area contributed by atoms with Crippen LogP contribution >= 0.6 is 0 Å². The van der Waals surface area contributed by atoms with Crippen LogP contribution in [0.5, 0.6) is 0 Å². The maximum absolute atomic E-state index is 11.6. The molecule has 3 rings (SSSR count). The minimum Gasteiger partial charge on any atom is -0.465 e. The molecule has 2 aromatic rings. The molecule has 1 aromatic carbocycles. The van der Waals surface area contributed by atoms with Crippen molar-refractivity contribution < 1.29 is 9.53 Å². The highest BCUT2D eigenvalue weighted by molar-refractivity contribution is 5.90. The van der Waals surface area contributed by atoms with E-state index in [0.717, 1.165) is 31.6 Å². The number of hydrogen-bond donors (Lipinski definition) is 1. The summed E-state index contributed by atoms with van der Waals surface area (Å²) in [6.45, 7) is 1.92. The van der Waals surface area contributed by atoms with Crippen LogP contribution in [0.15, 0.2) is 30.5 Å². The Kier molecular flexibility index (Phi) is 5.20. The molecule has 1 fully saturated rings. The third-order valence-corrected chi connectivity index (χ3v) is 3.99. The van der Waals surface area contributed by atoms with E-state index in [1.165, 1.54) is 20.0 Å². The van der Waals surface area contributed by atoms with Crippen molar-refractivity contribution in [1.82, 2.24) is 15.2 Å². The Balaban J connectivity index is 1.76. The van der Waals surface area contributed by atoms with Crippen molar-refractivity contribution in [2.45, 2.75) is 25.7 Å². The molecule has 126 valence electrons. The first kappa shape index (κ1) is 16.2. The number of hydrogen-bond acceptors (Lipinski definition) is 7. The number of methoxy groups -OCH3 is 1. The summed E-state index contributed by atoms with van der Waals surface area (Å²) in [5, 5.41) is 11.4. The van der Waals surface area contributed by atoms with Gasteiger partial charge in [-0.1, -0.05) is 18.9 Å². The van der Waals surface area contributed by atoms with E-state index in [4.69, 9.17) is 4.74 Å². The normalized spacial score (nSPS) is 14.8. The van der Waals surface area contributed by atoms with Gasteiger partial charge in [0.2, 0.25) is 5.95 Å². The van der Waals surface area contributed by atoms with Crippen LogP contribution in [-0.4, -0.2) is 41.3 Å². The monoisotopic (exact) mass is 327 g/mol. The van der Waals surface area contributed by atoms with Crippen molar-refractivity contribution in [3.05, 3.63) is 36.0 Å². The largest absolute Gasteiger partial charge is 0.465 e. The van der Waals surface area contributed by atoms with E-state index >= 15 is 0 Å². The number of carbonyl (C=O) groups excluding carboxylic acids is 1. The number of nitrogens with zero attached hydrogens (tertiary/aromatic N) is 4. The van der Waals surface area contributed by atoms with Gasteiger partial charge in [0, 0.05) is 18.8 Å². The topological polar surface area (TPSA) is 80.2 Å². The van der Waals surface area contributed by atoms with Gasteiger partial charge in [-0.2, -0.15) is 10.1 Å². The van der Waals surface area contributed by atoms with Crippen LogP contribution in [0.4, 0.5) is 17.5 Å². The number of nitrogens with one attached hydrogen (secondary N) is 1. The molecule has 0 unspecified atom stereocenters. The number of rotatable bonds is 4. The maximum atomic E-state index is 11.6. The lowest BCUT2D eigenvalue weighted by atomic mass is 10.2. The predicted molar refractivity (Wildman–Crippen MR) is 91.6 cm³/mol. The van der Waals surface area contributed by atoms with Gasteiger partial charge in [-0.05, 0) is 31.0 Å². The fourth-order valence-electron chi connectivity index (χ4n) is 2.75. The quantitative estimate of drug-likeness (QED) is 0.865. The molecule has 7 heteroatoms. The van der Waals surface area contributed by atoms with Crippen LogP contribution < -0.4 is 10.2 Å². The van der Waals surface area contributed by atoms with Gasteiger partial charge >= 0.3 is 5.97 Å². The van der Waals surface area contributed by atoms with E-state index in [1.807, 2.05) is 6.07 Å². The zero-order chi connectivity index (χ0) is 16.8. The molecule has 0 radical (unpaired) electrons. The molecule has 1 aromatic heterocycles. The van der Waals surface area contributed by atoms with Crippen molar-refractivity contribution in [1.29, 1.82) is 0 Å². The van der Waals surface area contributed by atoms with Gasteiger partial charge < -0.3 is 15.0 Å². The Morgan fingerprint density at radius 1 is 1.21 bits per heavy atom. The number of carbonyl (C=O) groups is 1. The molecule has 0 atom stereocenters. The highest BCUT2D eigenvalue weighted by Gasteiger charge is 2.13. The minimum atomic E-state index is -0.371. The molecule has 0 bridgehead atoms. The lowest BCUT2D eigenvalue weighted by Crippen LogP contribution is -2.26. The van der Waals surface area contributed by atoms with Crippen molar-refractivity contribution in [2.24, 2.45) is 0 Å². The molecule has 7 nitrogen and oxygen atoms in total. The van der Waals surface area contributed by atoms with Crippen molar-refractivity contribution in [2.75, 3.05) is 30.4 Å². The van der Waals surface area contributed by atoms with E-state index in [0.29, 0.717) is 17.3 Å². The Labute approximate surface area is 141 Å². The van der Waals surface area contributed by atoms with Crippen LogP contribution in [-0.2, 0) is 4.74 Å². The lowest BCUT2D eigenvalue weighted by molar-refractivity contribution is 0.0601. The molecule has 1 aliphatic rings. The molecule has 1 aliphatic heterocycles. The van der Waals surface area contributed by atoms with E-state index in [-0.39, 0.29) is 5.97 Å². The summed E-state index contributed by atoms with van der Waals surface area (Å²) in [7, 11) is 1.37. The zero-order valence-electron chi connectivity index (χ0n) is 13.7. The van der Waals surface area contributed by atoms with Crippen LogP contribution in [0.2, 0.25) is 0 Å². The van der Waals surface area contributed by atoms with Gasteiger partial charge in [0.05, 0.1) is 18.9 Å². The summed E-state index contributed by atoms with van der Waals surface area (Å²) in [5.41, 5.74) is 1.23. The van der Waals surface area contributed by atoms with E-state index in [2.05, 4.69) is 25.4 Å². The Hall–Kier alpha value is -2.70. The number of anilines is 3. The van der Waals surface area contributed by atoms with Crippen LogP contribution in [0, 0.1) is 0 Å². The van der Waals surface area contributed by atoms with Crippen molar-refractivity contribution in [3.8, 4) is 0 Å². The van der Waals surface area contributed by atoms with Gasteiger partial charge in [-0.15, -0.1) is 5.10 Å². The predicted octanol–water partition coefficient (Wildman–Crippen LogP) is 2.78. The average molecular weight is 327 g/mol. The number of benzene rings is 1. The van der Waals surface area contributed by atoms with Crippen molar-refractivity contribution >= 4 is 23.4 Å². The molecule has 0 spiro atoms. The van der Waals surface area contributed by atoms with Gasteiger partial charge in [-0.3, -0.25) is 0 Å². The summed E-state index contributed by atoms with van der Waals surface area (Å²) in [5.74, 6) is 0.877. The molecule has 0 amide bonds. The van der Waals surface area contributed by atoms with Gasteiger partial charge in [0.25, 0.3) is 0 Å². The summed E-state index contributed by atoms with van der Waals surface area (Å²) in [4.78, 5) is 18.3. The first-order chi connectivity index (χ1) is 11.8. The van der Waals surface area contributed by atoms with Crippen LogP contribution in [0.1, 0.15) is 36.0 Å². The highest BCUT2D eigenvalue weighted by Crippen LogP contribution is 2.19. The van der Waals surface area contributed by atoms with Crippen LogP contribution in [0.25, 0.3) is 0 Å². The summed E-state index contributed by atoms with van der Waals surface area (Å²) in [6, 6.07) is 7.08. The molecule has 24 heavy (non-hydrogen) atoms. The molecule has 1 N–H and O–H groups in total. The summed E-state index contributed by atoms with van der Waals surface area (Å²) in [6.07, 6.45) is 6.39. The molecule has 0 aliphatic carbocycles. The number of esters is 1. The molecular weight excluding hydrogens is 306 g/mol. The Morgan fingerprint density at radius 2 is 2.00 bits per heavy atom. The minimum absolute atomic E-state index is 0.371. The molecular formula is C17H21N5O2. The van der Waals surface area contributed by atoms with Crippen LogP contribution in [0.3, 0.4) is 0 Å². The van der Waals surface area contributed by atoms with Crippen molar-refractivity contribution in [3.63, 3.8) is 0 Å². The van der Waals surface area contributed by atoms with E-state index in [1.54, 1.807) is 24.4 Å². The molecule has 2 heterocycles. The summed E-state index contributed by atoms with van der Waals surface area (Å²) < 4.78 is 4.74. The van der Waals surface area contributed by atoms with E-state index in [9.17, 15) is 4.79 Å². The number of aromatic nitrogens is 3. The first-order valence-electron chi connectivity index (χ1n) is 8.16. The van der Waals surface area contributed by atoms with Gasteiger partial charge in [-0.25, -0.2) is 4.79 Å². The third-order valence-electron chi connectivity index (χ3n) is 3.99. The fraction of sp³-hybridized carbons (Fsp3) is 0.412. The van der Waals surface area contributed by atoms with Gasteiger partial charge in [0.1, 0.15) is 0 Å². The second-order valence-corrected chi connectivity index (χ2v) is 5.74. The fourth-order valence-corrected chi connectivity index (χ4v) is 2.75. The Morgan fingerprint density at radius 3 is 2.75 bits per heavy atom. The average Bonchev–Trinajstić information content (AvgIpc) is 2.91. The molecule has 0 saturated carbocycles. The van der Waals surface area contributed by atoms with Gasteiger partial charge in [0.15, 0.2) is 5.82 Å². The zero-order valence-corrected chi connectivity index (χ0v) is 13.7. The number of ether oxygens (including phenoxy) is 1. The second-order valence-electron chi connectivity index (χ2n) is 5.74. The Bertz CT molecular complexity index is 699. The lowest BCUT2D eigenvalue weighted by Gasteiger charge is -2.19. The smallest absolute Gasteiger partial charge is 0.337 e. The summed E-state index contributed by atoms with van der Waals surface area (Å²) >= 11 is 0. The van der Waals surface area contributed by atoms with E-state index < -0.39 is 0 Å².